The summed E-state index contributed by atoms with van der Waals surface area (Å²) in [5, 5.41) is 4.28. The molecule has 21 heavy (non-hydrogen) atoms. The minimum absolute atomic E-state index is 0.0273. The Bertz CT molecular complexity index is 529. The molecule has 0 radical (unpaired) electrons. The third kappa shape index (κ3) is 2.69. The third-order valence-electron chi connectivity index (χ3n) is 4.98. The Morgan fingerprint density at radius 3 is 2.76 bits per heavy atom. The molecule has 114 valence electrons. The van der Waals surface area contributed by atoms with Crippen LogP contribution in [0.15, 0.2) is 24.3 Å². The summed E-state index contributed by atoms with van der Waals surface area (Å²) < 4.78 is 0. The van der Waals surface area contributed by atoms with E-state index in [4.69, 9.17) is 11.6 Å². The fraction of sp³-hybridized carbons (Fsp3) is 0.588. The van der Waals surface area contributed by atoms with Gasteiger partial charge in [-0.1, -0.05) is 44.0 Å². The zero-order valence-electron chi connectivity index (χ0n) is 12.7. The first-order valence-electron chi connectivity index (χ1n) is 7.95. The highest BCUT2D eigenvalue weighted by atomic mass is 35.5. The Morgan fingerprint density at radius 1 is 1.43 bits per heavy atom. The third-order valence-corrected chi connectivity index (χ3v) is 5.22. The van der Waals surface area contributed by atoms with Gasteiger partial charge in [0.1, 0.15) is 6.17 Å². The number of amides is 1. The summed E-state index contributed by atoms with van der Waals surface area (Å²) in [6, 6.07) is 8.18. The van der Waals surface area contributed by atoms with Crippen molar-refractivity contribution >= 4 is 17.5 Å². The van der Waals surface area contributed by atoms with Crippen LogP contribution in [0.2, 0.25) is 5.02 Å². The number of halogens is 1. The minimum atomic E-state index is -0.0698. The van der Waals surface area contributed by atoms with Crippen molar-refractivity contribution in [2.75, 3.05) is 0 Å². The van der Waals surface area contributed by atoms with Crippen molar-refractivity contribution in [2.24, 2.45) is 5.92 Å². The number of nitrogens with zero attached hydrogens (tertiary/aromatic N) is 1. The van der Waals surface area contributed by atoms with Crippen LogP contribution in [0.4, 0.5) is 0 Å². The molecule has 1 aliphatic carbocycles. The van der Waals surface area contributed by atoms with Crippen LogP contribution >= 0.6 is 11.6 Å². The van der Waals surface area contributed by atoms with E-state index in [1.807, 2.05) is 18.2 Å². The molecule has 2 aliphatic rings. The van der Waals surface area contributed by atoms with E-state index < -0.39 is 0 Å². The lowest BCUT2D eigenvalue weighted by atomic mass is 9.90. The lowest BCUT2D eigenvalue weighted by Gasteiger charge is -2.38. The highest BCUT2D eigenvalue weighted by molar-refractivity contribution is 6.30. The summed E-state index contributed by atoms with van der Waals surface area (Å²) >= 11 is 6.13. The van der Waals surface area contributed by atoms with Crippen LogP contribution in [0.1, 0.15) is 51.3 Å². The second kappa shape index (κ2) is 5.98. The van der Waals surface area contributed by atoms with E-state index in [1.54, 1.807) is 0 Å². The lowest BCUT2D eigenvalue weighted by Crippen LogP contribution is -2.44. The van der Waals surface area contributed by atoms with E-state index in [2.05, 4.69) is 30.1 Å². The average molecular weight is 307 g/mol. The van der Waals surface area contributed by atoms with Gasteiger partial charge in [-0.2, -0.15) is 0 Å². The van der Waals surface area contributed by atoms with Gasteiger partial charge in [-0.25, -0.2) is 0 Å². The van der Waals surface area contributed by atoms with Gasteiger partial charge < -0.3 is 4.90 Å². The van der Waals surface area contributed by atoms with Gasteiger partial charge in [0.15, 0.2) is 0 Å². The van der Waals surface area contributed by atoms with E-state index in [-0.39, 0.29) is 18.1 Å². The normalized spacial score (nSPS) is 27.8. The lowest BCUT2D eigenvalue weighted by molar-refractivity contribution is -0.134. The Morgan fingerprint density at radius 2 is 2.19 bits per heavy atom. The largest absolute Gasteiger partial charge is 0.319 e. The molecule has 3 nitrogen and oxygen atoms in total. The smallest absolute Gasteiger partial charge is 0.241 e. The monoisotopic (exact) mass is 306 g/mol. The molecule has 0 spiro atoms. The highest BCUT2D eigenvalue weighted by Gasteiger charge is 2.46. The first kappa shape index (κ1) is 14.9. The molecule has 1 aromatic rings. The minimum Gasteiger partial charge on any atom is -0.319 e. The number of hydrogen-bond acceptors (Lipinski definition) is 2. The molecule has 0 aromatic heterocycles. The first-order chi connectivity index (χ1) is 10.1. The number of nitrogens with one attached hydrogen (secondary N) is 1. The molecule has 4 heteroatoms. The SMILES string of the molecule is CCC(C)C1NC(c2cccc(Cl)c2)N(C2CCC2)C1=O. The molecular weight excluding hydrogens is 284 g/mol. The second-order valence-electron chi connectivity index (χ2n) is 6.32. The van der Waals surface area contributed by atoms with Crippen LogP contribution in [0, 0.1) is 5.92 Å². The molecule has 3 rings (SSSR count). The summed E-state index contributed by atoms with van der Waals surface area (Å²) in [6.07, 6.45) is 4.45. The molecular formula is C17H23ClN2O. The molecule has 2 fully saturated rings. The highest BCUT2D eigenvalue weighted by Crippen LogP contribution is 2.37. The Hall–Kier alpha value is -1.06. The van der Waals surface area contributed by atoms with Crippen LogP contribution in [0.3, 0.4) is 0 Å². The second-order valence-corrected chi connectivity index (χ2v) is 6.75. The summed E-state index contributed by atoms with van der Waals surface area (Å²) in [6.45, 7) is 4.29. The molecule has 1 N–H and O–H groups in total. The van der Waals surface area contributed by atoms with Crippen molar-refractivity contribution < 1.29 is 4.79 Å². The predicted molar refractivity (Wildman–Crippen MR) is 85.1 cm³/mol. The predicted octanol–water partition coefficient (Wildman–Crippen LogP) is 3.74. The van der Waals surface area contributed by atoms with Crippen molar-refractivity contribution in [1.82, 2.24) is 10.2 Å². The summed E-state index contributed by atoms with van der Waals surface area (Å²) in [7, 11) is 0. The van der Waals surface area contributed by atoms with E-state index in [0.717, 1.165) is 29.8 Å². The van der Waals surface area contributed by atoms with Gasteiger partial charge in [-0.3, -0.25) is 10.1 Å². The number of hydrogen-bond donors (Lipinski definition) is 1. The standard InChI is InChI=1S/C17H23ClN2O/c1-3-11(2)15-17(21)20(14-8-5-9-14)16(19-15)12-6-4-7-13(18)10-12/h4,6-7,10-11,14-16,19H,3,5,8-9H2,1-2H3. The molecule has 1 heterocycles. The first-order valence-corrected chi connectivity index (χ1v) is 8.33. The average Bonchev–Trinajstić information content (AvgIpc) is 2.75. The quantitative estimate of drug-likeness (QED) is 0.919. The van der Waals surface area contributed by atoms with Crippen molar-refractivity contribution in [2.45, 2.75) is 57.8 Å². The van der Waals surface area contributed by atoms with Crippen LogP contribution in [-0.2, 0) is 4.79 Å². The topological polar surface area (TPSA) is 32.3 Å². The molecule has 3 unspecified atom stereocenters. The van der Waals surface area contributed by atoms with E-state index >= 15 is 0 Å². The van der Waals surface area contributed by atoms with Crippen molar-refractivity contribution in [3.05, 3.63) is 34.9 Å². The fourth-order valence-corrected chi connectivity index (χ4v) is 3.44. The molecule has 1 saturated heterocycles. The zero-order valence-corrected chi connectivity index (χ0v) is 13.4. The van der Waals surface area contributed by atoms with E-state index in [0.29, 0.717) is 12.0 Å². The Labute approximate surface area is 131 Å². The van der Waals surface area contributed by atoms with Gasteiger partial charge in [-0.15, -0.1) is 0 Å². The maximum absolute atomic E-state index is 12.8. The fourth-order valence-electron chi connectivity index (χ4n) is 3.24. The van der Waals surface area contributed by atoms with Crippen molar-refractivity contribution in [3.63, 3.8) is 0 Å². The number of carbonyl (C=O) groups is 1. The van der Waals surface area contributed by atoms with Crippen molar-refractivity contribution in [1.29, 1.82) is 0 Å². The summed E-state index contributed by atoms with van der Waals surface area (Å²) in [4.78, 5) is 14.9. The van der Waals surface area contributed by atoms with E-state index in [1.165, 1.54) is 6.42 Å². The van der Waals surface area contributed by atoms with E-state index in [9.17, 15) is 4.79 Å². The maximum Gasteiger partial charge on any atom is 0.241 e. The van der Waals surface area contributed by atoms with Crippen LogP contribution in [0.5, 0.6) is 0 Å². The molecule has 1 saturated carbocycles. The van der Waals surface area contributed by atoms with Crippen LogP contribution in [-0.4, -0.2) is 22.9 Å². The van der Waals surface area contributed by atoms with Crippen LogP contribution < -0.4 is 5.32 Å². The maximum atomic E-state index is 12.8. The number of rotatable bonds is 4. The molecule has 3 atom stereocenters. The van der Waals surface area contributed by atoms with Gasteiger partial charge in [-0.05, 0) is 42.9 Å². The van der Waals surface area contributed by atoms with Gasteiger partial charge in [0.2, 0.25) is 5.91 Å². The zero-order chi connectivity index (χ0) is 15.0. The summed E-state index contributed by atoms with van der Waals surface area (Å²) in [5.41, 5.74) is 1.09. The molecule has 0 bridgehead atoms. The van der Waals surface area contributed by atoms with Gasteiger partial charge in [0, 0.05) is 11.1 Å². The van der Waals surface area contributed by atoms with Gasteiger partial charge >= 0.3 is 0 Å². The number of carbonyl (C=O) groups excluding carboxylic acids is 1. The van der Waals surface area contributed by atoms with Crippen LogP contribution in [0.25, 0.3) is 0 Å². The van der Waals surface area contributed by atoms with Crippen molar-refractivity contribution in [3.8, 4) is 0 Å². The molecule has 1 aliphatic heterocycles. The number of benzene rings is 1. The summed E-state index contributed by atoms with van der Waals surface area (Å²) in [5.74, 6) is 0.614. The molecule has 1 amide bonds. The Kier molecular flexibility index (Phi) is 4.23. The van der Waals surface area contributed by atoms with Gasteiger partial charge in [0.25, 0.3) is 0 Å². The Balaban J connectivity index is 1.91. The van der Waals surface area contributed by atoms with Gasteiger partial charge in [0.05, 0.1) is 6.04 Å². The molecule has 1 aromatic carbocycles.